The zero-order valence-electron chi connectivity index (χ0n) is 11.4. The van der Waals surface area contributed by atoms with Gasteiger partial charge in [-0.15, -0.1) is 0 Å². The molecule has 0 bridgehead atoms. The van der Waals surface area contributed by atoms with Gasteiger partial charge in [-0.2, -0.15) is 0 Å². The fourth-order valence-electron chi connectivity index (χ4n) is 2.17. The van der Waals surface area contributed by atoms with E-state index in [0.29, 0.717) is 17.8 Å². The van der Waals surface area contributed by atoms with E-state index in [1.807, 2.05) is 37.3 Å². The highest BCUT2D eigenvalue weighted by Crippen LogP contribution is 2.19. The first-order valence-corrected chi connectivity index (χ1v) is 6.49. The Labute approximate surface area is 121 Å². The number of benzene rings is 1. The van der Waals surface area contributed by atoms with Crippen molar-refractivity contribution in [2.45, 2.75) is 6.92 Å². The van der Waals surface area contributed by atoms with Crippen molar-refractivity contribution in [3.05, 3.63) is 66.1 Å². The lowest BCUT2D eigenvalue weighted by molar-refractivity contribution is -0.599. The van der Waals surface area contributed by atoms with E-state index in [0.717, 1.165) is 5.56 Å². The average molecular weight is 279 g/mol. The number of aryl methyl sites for hydroxylation is 1. The minimum atomic E-state index is -0.466. The molecule has 0 atom stereocenters. The molecule has 3 rings (SSSR count). The molecule has 104 valence electrons. The minimum absolute atomic E-state index is 0.236. The first-order chi connectivity index (χ1) is 10.2. The predicted octanol–water partition coefficient (Wildman–Crippen LogP) is 1.34. The van der Waals surface area contributed by atoms with Crippen molar-refractivity contribution in [1.82, 2.24) is 9.55 Å². The molecule has 5 heteroatoms. The Hall–Kier alpha value is -2.95. The summed E-state index contributed by atoms with van der Waals surface area (Å²) in [6, 6.07) is 12.3. The van der Waals surface area contributed by atoms with E-state index in [4.69, 9.17) is 0 Å². The number of nitrogens with zero attached hydrogens (tertiary/aromatic N) is 3. The minimum Gasteiger partial charge on any atom is -0.825 e. The molecule has 0 spiro atoms. The van der Waals surface area contributed by atoms with Crippen molar-refractivity contribution in [3.8, 4) is 17.5 Å². The maximum Gasteiger partial charge on any atom is 0.356 e. The van der Waals surface area contributed by atoms with Gasteiger partial charge in [-0.05, 0) is 41.7 Å². The molecule has 0 saturated carbocycles. The SMILES string of the molecule is Cc1cc[n+](-c2nc([O-])n(-c3ccccc3)c2C=O)cc1. The van der Waals surface area contributed by atoms with E-state index < -0.39 is 6.01 Å². The summed E-state index contributed by atoms with van der Waals surface area (Å²) >= 11 is 0. The smallest absolute Gasteiger partial charge is 0.356 e. The second-order valence-electron chi connectivity index (χ2n) is 4.67. The fourth-order valence-corrected chi connectivity index (χ4v) is 2.17. The van der Waals surface area contributed by atoms with Gasteiger partial charge in [0.05, 0.1) is 12.4 Å². The summed E-state index contributed by atoms with van der Waals surface area (Å²) < 4.78 is 2.98. The number of carbonyl (C=O) groups excluding carboxylic acids is 1. The van der Waals surface area contributed by atoms with Crippen LogP contribution < -0.4 is 9.67 Å². The van der Waals surface area contributed by atoms with Crippen LogP contribution in [0, 0.1) is 6.92 Å². The van der Waals surface area contributed by atoms with Crippen molar-refractivity contribution < 1.29 is 14.5 Å². The number of aldehydes is 1. The highest BCUT2D eigenvalue weighted by molar-refractivity contribution is 5.78. The molecular weight excluding hydrogens is 266 g/mol. The first-order valence-electron chi connectivity index (χ1n) is 6.49. The zero-order valence-corrected chi connectivity index (χ0v) is 11.4. The maximum absolute atomic E-state index is 12.1. The quantitative estimate of drug-likeness (QED) is 0.537. The fraction of sp³-hybridized carbons (Fsp3) is 0.0625. The van der Waals surface area contributed by atoms with Crippen LogP contribution in [-0.2, 0) is 0 Å². The Balaban J connectivity index is 2.20. The van der Waals surface area contributed by atoms with Crippen LogP contribution in [0.1, 0.15) is 16.1 Å². The molecule has 3 aromatic rings. The van der Waals surface area contributed by atoms with E-state index in [2.05, 4.69) is 4.98 Å². The maximum atomic E-state index is 12.1. The number of aromatic nitrogens is 3. The number of hydrogen-bond acceptors (Lipinski definition) is 3. The predicted molar refractivity (Wildman–Crippen MR) is 74.7 cm³/mol. The Morgan fingerprint density at radius 2 is 1.81 bits per heavy atom. The third-order valence-corrected chi connectivity index (χ3v) is 3.23. The summed E-state index contributed by atoms with van der Waals surface area (Å²) in [6.07, 6.45) is 4.21. The number of pyridine rings is 1. The third kappa shape index (κ3) is 2.29. The van der Waals surface area contributed by atoms with Gasteiger partial charge in [-0.25, -0.2) is 4.57 Å². The number of rotatable bonds is 3. The molecule has 1 aromatic carbocycles. The van der Waals surface area contributed by atoms with Crippen LogP contribution in [0.2, 0.25) is 0 Å². The lowest BCUT2D eigenvalue weighted by atomic mass is 10.3. The van der Waals surface area contributed by atoms with Gasteiger partial charge < -0.3 is 5.11 Å². The number of imidazole rings is 1. The van der Waals surface area contributed by atoms with Gasteiger partial charge in [0, 0.05) is 5.69 Å². The number of hydrogen-bond donors (Lipinski definition) is 0. The van der Waals surface area contributed by atoms with Gasteiger partial charge in [0.15, 0.2) is 18.0 Å². The monoisotopic (exact) mass is 279 g/mol. The molecule has 21 heavy (non-hydrogen) atoms. The molecule has 0 unspecified atom stereocenters. The second-order valence-corrected chi connectivity index (χ2v) is 4.67. The molecule has 0 saturated heterocycles. The number of para-hydroxylation sites is 1. The highest BCUT2D eigenvalue weighted by atomic mass is 16.3. The summed E-state index contributed by atoms with van der Waals surface area (Å²) in [5.41, 5.74) is 1.94. The average Bonchev–Trinajstić information content (AvgIpc) is 2.85. The number of carbonyl (C=O) groups is 1. The van der Waals surface area contributed by atoms with Crippen LogP contribution >= 0.6 is 0 Å². The van der Waals surface area contributed by atoms with Crippen molar-refractivity contribution in [1.29, 1.82) is 0 Å². The Kier molecular flexibility index (Phi) is 3.23. The van der Waals surface area contributed by atoms with Crippen LogP contribution in [0.4, 0.5) is 0 Å². The molecular formula is C16H13N3O2. The van der Waals surface area contributed by atoms with E-state index in [-0.39, 0.29) is 5.69 Å². The van der Waals surface area contributed by atoms with Crippen LogP contribution in [0.15, 0.2) is 54.9 Å². The summed E-state index contributed by atoms with van der Waals surface area (Å²) in [6.45, 7) is 1.96. The molecule has 0 aliphatic carbocycles. The van der Waals surface area contributed by atoms with Crippen molar-refractivity contribution >= 4 is 6.29 Å². The van der Waals surface area contributed by atoms with Crippen LogP contribution in [0.3, 0.4) is 0 Å². The van der Waals surface area contributed by atoms with Crippen molar-refractivity contribution in [2.24, 2.45) is 0 Å². The van der Waals surface area contributed by atoms with E-state index in [9.17, 15) is 9.90 Å². The lowest BCUT2D eigenvalue weighted by Gasteiger charge is -2.07. The molecule has 0 N–H and O–H groups in total. The molecule has 2 heterocycles. The molecule has 5 nitrogen and oxygen atoms in total. The molecule has 0 aliphatic rings. The second kappa shape index (κ2) is 5.20. The van der Waals surface area contributed by atoms with Crippen LogP contribution in [-0.4, -0.2) is 15.8 Å². The van der Waals surface area contributed by atoms with Gasteiger partial charge in [-0.3, -0.25) is 9.36 Å². The Morgan fingerprint density at radius 1 is 1.14 bits per heavy atom. The van der Waals surface area contributed by atoms with E-state index in [1.54, 1.807) is 29.1 Å². The zero-order chi connectivity index (χ0) is 14.8. The molecule has 0 amide bonds. The Bertz CT molecular complexity index is 777. The summed E-state index contributed by atoms with van der Waals surface area (Å²) in [7, 11) is 0. The van der Waals surface area contributed by atoms with Crippen LogP contribution in [0.5, 0.6) is 6.01 Å². The topological polar surface area (TPSA) is 61.8 Å². The molecule has 0 fully saturated rings. The molecule has 2 aromatic heterocycles. The van der Waals surface area contributed by atoms with Gasteiger partial charge in [0.25, 0.3) is 0 Å². The molecule has 0 radical (unpaired) electrons. The lowest BCUT2D eigenvalue weighted by Crippen LogP contribution is -2.31. The van der Waals surface area contributed by atoms with Crippen molar-refractivity contribution in [3.63, 3.8) is 0 Å². The van der Waals surface area contributed by atoms with Gasteiger partial charge >= 0.3 is 5.82 Å². The largest absolute Gasteiger partial charge is 0.825 e. The summed E-state index contributed by atoms with van der Waals surface area (Å²) in [5.74, 6) is 0.332. The van der Waals surface area contributed by atoms with Gasteiger partial charge in [0.2, 0.25) is 0 Å². The van der Waals surface area contributed by atoms with Crippen molar-refractivity contribution in [2.75, 3.05) is 0 Å². The van der Waals surface area contributed by atoms with Gasteiger partial charge in [-0.1, -0.05) is 18.2 Å². The Morgan fingerprint density at radius 3 is 2.43 bits per heavy atom. The van der Waals surface area contributed by atoms with E-state index in [1.165, 1.54) is 4.57 Å². The first kappa shape index (κ1) is 13.1. The van der Waals surface area contributed by atoms with E-state index >= 15 is 0 Å². The third-order valence-electron chi connectivity index (χ3n) is 3.23. The normalized spacial score (nSPS) is 10.5. The summed E-state index contributed by atoms with van der Waals surface area (Å²) in [5, 5.41) is 12.1. The molecule has 0 aliphatic heterocycles. The summed E-state index contributed by atoms with van der Waals surface area (Å²) in [4.78, 5) is 15.5. The van der Waals surface area contributed by atoms with Gasteiger partial charge in [0.1, 0.15) is 0 Å². The standard InChI is InChI=1S/C16H13N3O2/c1-12-7-9-18(10-8-12)15-14(11-20)19(16(21)17-15)13-5-3-2-4-6-13/h2-11H,1H3. The highest BCUT2D eigenvalue weighted by Gasteiger charge is 2.23. The van der Waals surface area contributed by atoms with Crippen LogP contribution in [0.25, 0.3) is 11.5 Å².